The molecule has 0 spiro atoms. The molecular formula is C9H9N3O2. The van der Waals surface area contributed by atoms with E-state index in [1.54, 1.807) is 12.3 Å². The van der Waals surface area contributed by atoms with E-state index in [9.17, 15) is 10.1 Å². The zero-order valence-electron chi connectivity index (χ0n) is 7.67. The van der Waals surface area contributed by atoms with Crippen molar-refractivity contribution in [3.8, 4) is 0 Å². The van der Waals surface area contributed by atoms with Crippen LogP contribution in [0.25, 0.3) is 0 Å². The van der Waals surface area contributed by atoms with Crippen molar-refractivity contribution in [3.63, 3.8) is 0 Å². The Morgan fingerprint density at radius 2 is 2.36 bits per heavy atom. The summed E-state index contributed by atoms with van der Waals surface area (Å²) in [6.45, 7) is 0.741. The van der Waals surface area contributed by atoms with Crippen molar-refractivity contribution in [2.45, 2.75) is 0 Å². The molecule has 5 nitrogen and oxygen atoms in total. The van der Waals surface area contributed by atoms with Gasteiger partial charge < -0.3 is 4.90 Å². The van der Waals surface area contributed by atoms with E-state index in [4.69, 9.17) is 0 Å². The van der Waals surface area contributed by atoms with Crippen LogP contribution in [0.5, 0.6) is 0 Å². The van der Waals surface area contributed by atoms with E-state index in [1.165, 1.54) is 12.1 Å². The molecule has 1 heterocycles. The average molecular weight is 191 g/mol. The molecule has 0 aliphatic carbocycles. The lowest BCUT2D eigenvalue weighted by Gasteiger charge is -2.21. The quantitative estimate of drug-likeness (QED) is 0.501. The van der Waals surface area contributed by atoms with Crippen LogP contribution in [0.3, 0.4) is 0 Å². The number of fused-ring (bicyclic) bond motifs is 1. The predicted octanol–water partition coefficient (Wildman–Crippen LogP) is 1.75. The topological polar surface area (TPSA) is 58.7 Å². The highest BCUT2D eigenvalue weighted by atomic mass is 16.6. The molecule has 0 aromatic heterocycles. The Bertz CT molecular complexity index is 415. The summed E-state index contributed by atoms with van der Waals surface area (Å²) in [5, 5.41) is 10.5. The Kier molecular flexibility index (Phi) is 1.92. The fourth-order valence-electron chi connectivity index (χ4n) is 1.41. The largest absolute Gasteiger partial charge is 0.368 e. The minimum atomic E-state index is -0.412. The molecule has 0 radical (unpaired) electrons. The molecule has 0 N–H and O–H groups in total. The summed E-state index contributed by atoms with van der Waals surface area (Å²) >= 11 is 0. The van der Waals surface area contributed by atoms with Crippen LogP contribution in [0.2, 0.25) is 0 Å². The van der Waals surface area contributed by atoms with Crippen LogP contribution in [0.1, 0.15) is 0 Å². The van der Waals surface area contributed by atoms with E-state index in [2.05, 4.69) is 4.99 Å². The number of nitro benzene ring substituents is 1. The summed E-state index contributed by atoms with van der Waals surface area (Å²) in [6, 6.07) is 4.71. The van der Waals surface area contributed by atoms with E-state index >= 15 is 0 Å². The molecule has 0 atom stereocenters. The summed E-state index contributed by atoms with van der Waals surface area (Å²) in [5.41, 5.74) is 1.67. The Morgan fingerprint density at radius 3 is 3.07 bits per heavy atom. The highest BCUT2D eigenvalue weighted by Gasteiger charge is 2.14. The van der Waals surface area contributed by atoms with Gasteiger partial charge in [0.15, 0.2) is 0 Å². The number of anilines is 1. The van der Waals surface area contributed by atoms with Crippen molar-refractivity contribution < 1.29 is 4.92 Å². The Hall–Kier alpha value is -1.91. The van der Waals surface area contributed by atoms with Crippen molar-refractivity contribution >= 4 is 23.3 Å². The first-order chi connectivity index (χ1) is 6.68. The molecule has 2 rings (SSSR count). The van der Waals surface area contributed by atoms with Crippen LogP contribution in [-0.2, 0) is 0 Å². The molecule has 1 aromatic carbocycles. The number of nitrogens with zero attached hydrogens (tertiary/aromatic N) is 3. The monoisotopic (exact) mass is 191 g/mol. The van der Waals surface area contributed by atoms with Crippen molar-refractivity contribution in [1.82, 2.24) is 0 Å². The van der Waals surface area contributed by atoms with Crippen LogP contribution in [0.15, 0.2) is 23.2 Å². The highest BCUT2D eigenvalue weighted by Crippen LogP contribution is 2.33. The van der Waals surface area contributed by atoms with Crippen molar-refractivity contribution in [3.05, 3.63) is 28.3 Å². The zero-order valence-corrected chi connectivity index (χ0v) is 7.67. The summed E-state index contributed by atoms with van der Waals surface area (Å²) < 4.78 is 0. The van der Waals surface area contributed by atoms with Gasteiger partial charge in [-0.2, -0.15) is 0 Å². The van der Waals surface area contributed by atoms with E-state index < -0.39 is 4.92 Å². The smallest absolute Gasteiger partial charge is 0.271 e. The number of hydrogen-bond donors (Lipinski definition) is 0. The van der Waals surface area contributed by atoms with Crippen LogP contribution >= 0.6 is 0 Å². The number of benzene rings is 1. The maximum absolute atomic E-state index is 10.5. The van der Waals surface area contributed by atoms with Gasteiger partial charge in [-0.25, -0.2) is 0 Å². The van der Waals surface area contributed by atoms with Gasteiger partial charge in [0.2, 0.25) is 0 Å². The van der Waals surface area contributed by atoms with Gasteiger partial charge in [0.1, 0.15) is 0 Å². The third kappa shape index (κ3) is 1.32. The lowest BCUT2D eigenvalue weighted by atomic mass is 10.2. The fraction of sp³-hybridized carbons (Fsp3) is 0.222. The molecule has 0 bridgehead atoms. The molecule has 0 saturated heterocycles. The molecule has 1 aliphatic rings. The number of aliphatic imine (C=N–C) groups is 1. The van der Waals surface area contributed by atoms with Gasteiger partial charge in [0.25, 0.3) is 5.69 Å². The van der Waals surface area contributed by atoms with Crippen LogP contribution in [0.4, 0.5) is 17.1 Å². The normalized spacial score (nSPS) is 13.9. The van der Waals surface area contributed by atoms with Gasteiger partial charge in [-0.05, 0) is 6.07 Å². The lowest BCUT2D eigenvalue weighted by Crippen LogP contribution is -2.21. The summed E-state index contributed by atoms with van der Waals surface area (Å²) in [5.74, 6) is 0. The Balaban J connectivity index is 2.50. The molecule has 1 aromatic rings. The van der Waals surface area contributed by atoms with Crippen molar-refractivity contribution in [2.75, 3.05) is 18.5 Å². The second kappa shape index (κ2) is 3.10. The van der Waals surface area contributed by atoms with Gasteiger partial charge in [0, 0.05) is 25.4 Å². The van der Waals surface area contributed by atoms with Gasteiger partial charge in [-0.15, -0.1) is 0 Å². The summed E-state index contributed by atoms with van der Waals surface area (Å²) in [4.78, 5) is 16.2. The highest BCUT2D eigenvalue weighted by molar-refractivity contribution is 5.82. The first kappa shape index (κ1) is 8.68. The molecule has 14 heavy (non-hydrogen) atoms. The summed E-state index contributed by atoms with van der Waals surface area (Å²) in [7, 11) is 1.93. The molecule has 0 unspecified atom stereocenters. The first-order valence-electron chi connectivity index (χ1n) is 4.20. The van der Waals surface area contributed by atoms with Crippen molar-refractivity contribution in [2.24, 2.45) is 4.99 Å². The third-order valence-corrected chi connectivity index (χ3v) is 2.17. The van der Waals surface area contributed by atoms with Crippen LogP contribution in [-0.4, -0.2) is 24.7 Å². The van der Waals surface area contributed by atoms with Crippen LogP contribution in [0, 0.1) is 10.1 Å². The molecule has 0 amide bonds. The van der Waals surface area contributed by atoms with Gasteiger partial charge >= 0.3 is 0 Å². The maximum atomic E-state index is 10.5. The fourth-order valence-corrected chi connectivity index (χ4v) is 1.41. The van der Waals surface area contributed by atoms with Gasteiger partial charge in [-0.1, -0.05) is 0 Å². The third-order valence-electron chi connectivity index (χ3n) is 2.17. The molecular weight excluding hydrogens is 182 g/mol. The predicted molar refractivity (Wildman–Crippen MR) is 54.5 cm³/mol. The standard InChI is InChI=1S/C9H9N3O2/c1-11-5-4-10-8-6-7(12(13)14)2-3-9(8)11/h2-4,6H,5H2,1H3. The van der Waals surface area contributed by atoms with Gasteiger partial charge in [0.05, 0.1) is 22.8 Å². The number of nitro groups is 1. The minimum Gasteiger partial charge on any atom is -0.368 e. The Morgan fingerprint density at radius 1 is 1.57 bits per heavy atom. The number of rotatable bonds is 1. The van der Waals surface area contributed by atoms with E-state index in [0.717, 1.165) is 12.2 Å². The number of hydrogen-bond acceptors (Lipinski definition) is 4. The minimum absolute atomic E-state index is 0.0798. The SMILES string of the molecule is CN1CC=Nc2cc([N+](=O)[O-])ccc21. The molecule has 5 heteroatoms. The maximum Gasteiger partial charge on any atom is 0.271 e. The van der Waals surface area contributed by atoms with Gasteiger partial charge in [-0.3, -0.25) is 15.1 Å². The lowest BCUT2D eigenvalue weighted by molar-refractivity contribution is -0.384. The summed E-state index contributed by atoms with van der Waals surface area (Å²) in [6.07, 6.45) is 1.74. The van der Waals surface area contributed by atoms with E-state index in [-0.39, 0.29) is 5.69 Å². The van der Waals surface area contributed by atoms with Crippen molar-refractivity contribution in [1.29, 1.82) is 0 Å². The van der Waals surface area contributed by atoms with Crippen LogP contribution < -0.4 is 4.90 Å². The first-order valence-corrected chi connectivity index (χ1v) is 4.20. The average Bonchev–Trinajstić information content (AvgIpc) is 2.17. The van der Waals surface area contributed by atoms with E-state index in [1.807, 2.05) is 11.9 Å². The Labute approximate surface area is 80.8 Å². The molecule has 0 saturated carbocycles. The zero-order chi connectivity index (χ0) is 10.1. The second-order valence-corrected chi connectivity index (χ2v) is 3.12. The molecule has 1 aliphatic heterocycles. The molecule has 0 fully saturated rings. The number of non-ortho nitro benzene ring substituents is 1. The second-order valence-electron chi connectivity index (χ2n) is 3.12. The molecule has 72 valence electrons. The van der Waals surface area contributed by atoms with E-state index in [0.29, 0.717) is 5.69 Å².